The van der Waals surface area contributed by atoms with Gasteiger partial charge in [0.2, 0.25) is 0 Å². The number of ether oxygens (including phenoxy) is 1. The molecule has 0 spiro atoms. The van der Waals surface area contributed by atoms with Crippen LogP contribution in [0.15, 0.2) is 103 Å². The quantitative estimate of drug-likeness (QED) is 0.219. The van der Waals surface area contributed by atoms with Crippen molar-refractivity contribution in [3.63, 3.8) is 0 Å². The van der Waals surface area contributed by atoms with Crippen molar-refractivity contribution in [2.45, 2.75) is 0 Å². The number of para-hydroxylation sites is 1. The van der Waals surface area contributed by atoms with E-state index in [0.717, 1.165) is 11.1 Å². The monoisotopic (exact) mass is 395 g/mol. The largest absolute Gasteiger partial charge is 0.456 e. The zero-order valence-corrected chi connectivity index (χ0v) is 15.9. The molecule has 146 valence electrons. The van der Waals surface area contributed by atoms with E-state index in [4.69, 9.17) is 4.74 Å². The molecule has 0 unspecified atom stereocenters. The van der Waals surface area contributed by atoms with Gasteiger partial charge in [-0.3, -0.25) is 14.9 Å². The fourth-order valence-electron chi connectivity index (χ4n) is 3.17. The van der Waals surface area contributed by atoms with E-state index < -0.39 is 4.92 Å². The van der Waals surface area contributed by atoms with Crippen LogP contribution in [0.25, 0.3) is 11.1 Å². The Labute approximate surface area is 173 Å². The molecular weight excluding hydrogens is 378 g/mol. The molecule has 0 saturated heterocycles. The van der Waals surface area contributed by atoms with Crippen LogP contribution in [-0.2, 0) is 0 Å². The minimum atomic E-state index is -0.524. The van der Waals surface area contributed by atoms with Gasteiger partial charge in [0.25, 0.3) is 5.69 Å². The molecule has 4 rings (SSSR count). The standard InChI is InChI=1S/C25H17NO4/c27-25(19-11-5-2-6-12-19)22-17-20(26(28)29)15-16-24(22)30-23-14-8-7-13-21(23)18-9-3-1-4-10-18/h1-17H. The van der Waals surface area contributed by atoms with E-state index >= 15 is 0 Å². The molecule has 5 nitrogen and oxygen atoms in total. The molecule has 0 aliphatic heterocycles. The molecule has 0 N–H and O–H groups in total. The third kappa shape index (κ3) is 3.95. The van der Waals surface area contributed by atoms with Gasteiger partial charge in [0, 0.05) is 23.3 Å². The predicted molar refractivity (Wildman–Crippen MR) is 115 cm³/mol. The van der Waals surface area contributed by atoms with Crippen LogP contribution in [0.1, 0.15) is 15.9 Å². The summed E-state index contributed by atoms with van der Waals surface area (Å²) in [6.45, 7) is 0. The van der Waals surface area contributed by atoms with Crippen molar-refractivity contribution in [3.05, 3.63) is 124 Å². The number of nitrogens with zero attached hydrogens (tertiary/aromatic N) is 1. The first-order chi connectivity index (χ1) is 14.6. The van der Waals surface area contributed by atoms with Crippen LogP contribution in [0.3, 0.4) is 0 Å². The molecule has 0 aliphatic rings. The summed E-state index contributed by atoms with van der Waals surface area (Å²) >= 11 is 0. The van der Waals surface area contributed by atoms with Crippen LogP contribution in [0.5, 0.6) is 11.5 Å². The molecule has 0 fully saturated rings. The van der Waals surface area contributed by atoms with Crippen LogP contribution in [0.2, 0.25) is 0 Å². The first kappa shape index (κ1) is 19.1. The molecule has 0 atom stereocenters. The molecule has 0 aliphatic carbocycles. The molecule has 0 radical (unpaired) electrons. The summed E-state index contributed by atoms with van der Waals surface area (Å²) in [5.41, 5.74) is 2.22. The Morgan fingerprint density at radius 1 is 0.733 bits per heavy atom. The SMILES string of the molecule is O=C(c1ccccc1)c1cc([N+](=O)[O-])ccc1Oc1ccccc1-c1ccccc1. The number of nitro groups is 1. The highest BCUT2D eigenvalue weighted by atomic mass is 16.6. The van der Waals surface area contributed by atoms with Gasteiger partial charge in [-0.25, -0.2) is 0 Å². The molecule has 0 aromatic heterocycles. The topological polar surface area (TPSA) is 69.4 Å². The Hall–Kier alpha value is -4.25. The number of nitro benzene ring substituents is 1. The summed E-state index contributed by atoms with van der Waals surface area (Å²) in [6, 6.07) is 29.9. The Balaban J connectivity index is 1.79. The summed E-state index contributed by atoms with van der Waals surface area (Å²) in [5, 5.41) is 11.3. The van der Waals surface area contributed by atoms with Crippen molar-refractivity contribution < 1.29 is 14.5 Å². The molecule has 0 amide bonds. The van der Waals surface area contributed by atoms with Crippen LogP contribution in [0, 0.1) is 10.1 Å². The van der Waals surface area contributed by atoms with Gasteiger partial charge < -0.3 is 4.74 Å². The first-order valence-electron chi connectivity index (χ1n) is 9.34. The van der Waals surface area contributed by atoms with E-state index in [-0.39, 0.29) is 22.8 Å². The lowest BCUT2D eigenvalue weighted by Crippen LogP contribution is -2.05. The minimum absolute atomic E-state index is 0.137. The van der Waals surface area contributed by atoms with Crippen molar-refractivity contribution in [2.24, 2.45) is 0 Å². The number of carbonyl (C=O) groups excluding carboxylic acids is 1. The maximum Gasteiger partial charge on any atom is 0.270 e. The Bertz CT molecular complexity index is 1200. The maximum atomic E-state index is 13.1. The average Bonchev–Trinajstić information content (AvgIpc) is 2.80. The second-order valence-electron chi connectivity index (χ2n) is 6.60. The highest BCUT2D eigenvalue weighted by Crippen LogP contribution is 2.36. The van der Waals surface area contributed by atoms with Crippen molar-refractivity contribution >= 4 is 11.5 Å². The van der Waals surface area contributed by atoms with E-state index in [1.165, 1.54) is 18.2 Å². The van der Waals surface area contributed by atoms with Crippen LogP contribution in [0.4, 0.5) is 5.69 Å². The lowest BCUT2D eigenvalue weighted by Gasteiger charge is -2.14. The van der Waals surface area contributed by atoms with Gasteiger partial charge in [-0.05, 0) is 17.7 Å². The zero-order valence-electron chi connectivity index (χ0n) is 15.9. The van der Waals surface area contributed by atoms with Crippen molar-refractivity contribution in [1.29, 1.82) is 0 Å². The second kappa shape index (κ2) is 8.41. The first-order valence-corrected chi connectivity index (χ1v) is 9.34. The summed E-state index contributed by atoms with van der Waals surface area (Å²) in [4.78, 5) is 23.8. The van der Waals surface area contributed by atoms with Crippen LogP contribution < -0.4 is 4.74 Å². The van der Waals surface area contributed by atoms with Gasteiger partial charge >= 0.3 is 0 Å². The van der Waals surface area contributed by atoms with Crippen molar-refractivity contribution in [3.8, 4) is 22.6 Å². The number of ketones is 1. The van der Waals surface area contributed by atoms with E-state index in [9.17, 15) is 14.9 Å². The molecule has 4 aromatic carbocycles. The van der Waals surface area contributed by atoms with Crippen molar-refractivity contribution in [1.82, 2.24) is 0 Å². The summed E-state index contributed by atoms with van der Waals surface area (Å²) in [5.74, 6) is 0.476. The second-order valence-corrected chi connectivity index (χ2v) is 6.60. The number of rotatable bonds is 6. The van der Waals surface area contributed by atoms with Gasteiger partial charge in [0.1, 0.15) is 11.5 Å². The van der Waals surface area contributed by atoms with Gasteiger partial charge in [0.15, 0.2) is 5.78 Å². The lowest BCUT2D eigenvalue weighted by molar-refractivity contribution is -0.384. The molecule has 0 saturated carbocycles. The molecule has 0 heterocycles. The van der Waals surface area contributed by atoms with E-state index in [0.29, 0.717) is 11.3 Å². The fraction of sp³-hybridized carbons (Fsp3) is 0. The Morgan fingerprint density at radius 3 is 2.07 bits per heavy atom. The van der Waals surface area contributed by atoms with Gasteiger partial charge in [-0.1, -0.05) is 78.9 Å². The highest BCUT2D eigenvalue weighted by Gasteiger charge is 2.20. The van der Waals surface area contributed by atoms with Crippen LogP contribution >= 0.6 is 0 Å². The smallest absolute Gasteiger partial charge is 0.270 e. The van der Waals surface area contributed by atoms with Crippen LogP contribution in [-0.4, -0.2) is 10.7 Å². The highest BCUT2D eigenvalue weighted by molar-refractivity contribution is 6.11. The number of non-ortho nitro benzene ring substituents is 1. The average molecular weight is 395 g/mol. The number of hydrogen-bond acceptors (Lipinski definition) is 4. The fourth-order valence-corrected chi connectivity index (χ4v) is 3.17. The third-order valence-corrected chi connectivity index (χ3v) is 4.65. The summed E-state index contributed by atoms with van der Waals surface area (Å²) in [6.07, 6.45) is 0. The summed E-state index contributed by atoms with van der Waals surface area (Å²) in [7, 11) is 0. The Morgan fingerprint density at radius 2 is 1.37 bits per heavy atom. The summed E-state index contributed by atoms with van der Waals surface area (Å²) < 4.78 is 6.13. The molecular formula is C25H17NO4. The molecule has 4 aromatic rings. The normalized spacial score (nSPS) is 10.4. The van der Waals surface area contributed by atoms with Gasteiger partial charge in [-0.15, -0.1) is 0 Å². The van der Waals surface area contributed by atoms with Gasteiger partial charge in [0.05, 0.1) is 10.5 Å². The third-order valence-electron chi connectivity index (χ3n) is 4.65. The Kier molecular flexibility index (Phi) is 5.35. The molecule has 30 heavy (non-hydrogen) atoms. The maximum absolute atomic E-state index is 13.1. The van der Waals surface area contributed by atoms with Gasteiger partial charge in [-0.2, -0.15) is 0 Å². The number of hydrogen-bond donors (Lipinski definition) is 0. The van der Waals surface area contributed by atoms with Crippen molar-refractivity contribution in [2.75, 3.05) is 0 Å². The molecule has 0 bridgehead atoms. The molecule has 5 heteroatoms. The van der Waals surface area contributed by atoms with E-state index in [2.05, 4.69) is 0 Å². The van der Waals surface area contributed by atoms with E-state index in [1.807, 2.05) is 48.5 Å². The zero-order chi connectivity index (χ0) is 20.9. The van der Waals surface area contributed by atoms with E-state index in [1.54, 1.807) is 36.4 Å². The minimum Gasteiger partial charge on any atom is -0.456 e. The lowest BCUT2D eigenvalue weighted by atomic mass is 10.0. The number of benzene rings is 4. The number of carbonyl (C=O) groups is 1. The predicted octanol–water partition coefficient (Wildman–Crippen LogP) is 6.29.